The monoisotopic (exact) mass is 374 g/mol. The van der Waals surface area contributed by atoms with Crippen LogP contribution in [0.1, 0.15) is 37.6 Å². The van der Waals surface area contributed by atoms with Gasteiger partial charge >= 0.3 is 0 Å². The van der Waals surface area contributed by atoms with Gasteiger partial charge in [0.1, 0.15) is 5.76 Å². The van der Waals surface area contributed by atoms with Gasteiger partial charge in [0.2, 0.25) is 5.91 Å². The number of ketones is 2. The molecule has 0 fully saturated rings. The number of fused-ring (bicyclic) bond motifs is 2. The first-order valence-corrected chi connectivity index (χ1v) is 8.87. The third kappa shape index (κ3) is 3.25. The van der Waals surface area contributed by atoms with Crippen LogP contribution in [-0.2, 0) is 11.3 Å². The fourth-order valence-electron chi connectivity index (χ4n) is 3.41. The summed E-state index contributed by atoms with van der Waals surface area (Å²) in [4.78, 5) is 40.0. The first-order chi connectivity index (χ1) is 13.5. The molecule has 6 nitrogen and oxygen atoms in total. The average molecular weight is 374 g/mol. The van der Waals surface area contributed by atoms with E-state index in [9.17, 15) is 14.4 Å². The van der Waals surface area contributed by atoms with Crippen LogP contribution in [0.15, 0.2) is 65.3 Å². The molecule has 1 amide bonds. The van der Waals surface area contributed by atoms with Crippen molar-refractivity contribution in [2.45, 2.75) is 6.54 Å². The van der Waals surface area contributed by atoms with Crippen LogP contribution in [0.5, 0.6) is 0 Å². The molecule has 0 atom stereocenters. The maximum atomic E-state index is 13.0. The zero-order valence-corrected chi connectivity index (χ0v) is 15.3. The van der Waals surface area contributed by atoms with E-state index in [0.29, 0.717) is 28.9 Å². The van der Waals surface area contributed by atoms with E-state index in [1.165, 1.54) is 0 Å². The molecular weight excluding hydrogens is 356 g/mol. The summed E-state index contributed by atoms with van der Waals surface area (Å²) in [6.07, 6.45) is 1.58. The van der Waals surface area contributed by atoms with Gasteiger partial charge in [-0.25, -0.2) is 0 Å². The van der Waals surface area contributed by atoms with Crippen LogP contribution >= 0.6 is 0 Å². The van der Waals surface area contributed by atoms with Crippen molar-refractivity contribution >= 4 is 23.2 Å². The molecule has 2 aromatic carbocycles. The number of benzene rings is 2. The minimum Gasteiger partial charge on any atom is -0.468 e. The van der Waals surface area contributed by atoms with Crippen molar-refractivity contribution in [1.29, 1.82) is 0 Å². The summed E-state index contributed by atoms with van der Waals surface area (Å²) in [6, 6.07) is 15.3. The molecule has 1 aliphatic carbocycles. The van der Waals surface area contributed by atoms with E-state index in [2.05, 4.69) is 5.32 Å². The van der Waals surface area contributed by atoms with Crippen molar-refractivity contribution < 1.29 is 18.8 Å². The number of nitrogens with zero attached hydrogens (tertiary/aromatic N) is 1. The lowest BCUT2D eigenvalue weighted by atomic mass is 9.83. The number of furan rings is 1. The van der Waals surface area contributed by atoms with Crippen molar-refractivity contribution in [3.8, 4) is 0 Å². The molecule has 6 heteroatoms. The van der Waals surface area contributed by atoms with Gasteiger partial charge in [0, 0.05) is 16.7 Å². The minimum atomic E-state index is -0.276. The summed E-state index contributed by atoms with van der Waals surface area (Å²) in [6.45, 7) is 0.598. The second-order valence-electron chi connectivity index (χ2n) is 6.73. The zero-order valence-electron chi connectivity index (χ0n) is 15.3. The van der Waals surface area contributed by atoms with Crippen LogP contribution < -0.4 is 5.32 Å². The number of hydrogen-bond donors (Lipinski definition) is 1. The third-order valence-corrected chi connectivity index (χ3v) is 4.65. The molecule has 0 saturated heterocycles. The van der Waals surface area contributed by atoms with Gasteiger partial charge in [-0.05, 0) is 25.2 Å². The summed E-state index contributed by atoms with van der Waals surface area (Å²) < 4.78 is 5.28. The van der Waals surface area contributed by atoms with Gasteiger partial charge in [-0.3, -0.25) is 19.3 Å². The van der Waals surface area contributed by atoms with Gasteiger partial charge in [-0.1, -0.05) is 36.4 Å². The first-order valence-electron chi connectivity index (χ1n) is 8.87. The summed E-state index contributed by atoms with van der Waals surface area (Å²) in [5.41, 5.74) is 1.65. The normalized spacial score (nSPS) is 12.6. The molecule has 1 aliphatic rings. The Labute approximate surface area is 161 Å². The molecule has 0 saturated carbocycles. The van der Waals surface area contributed by atoms with Crippen LogP contribution in [0, 0.1) is 0 Å². The number of rotatable bonds is 5. The van der Waals surface area contributed by atoms with E-state index in [1.54, 1.807) is 66.7 Å². The molecule has 1 heterocycles. The van der Waals surface area contributed by atoms with Crippen molar-refractivity contribution in [1.82, 2.24) is 4.90 Å². The van der Waals surface area contributed by atoms with Crippen LogP contribution in [-0.4, -0.2) is 36.0 Å². The molecule has 1 N–H and O–H groups in total. The topological polar surface area (TPSA) is 79.6 Å². The summed E-state index contributed by atoms with van der Waals surface area (Å²) in [5, 5.41) is 2.78. The Hall–Kier alpha value is -3.51. The molecule has 0 spiro atoms. The fraction of sp³-hybridized carbons (Fsp3) is 0.136. The van der Waals surface area contributed by atoms with Gasteiger partial charge in [0.05, 0.1) is 30.6 Å². The largest absolute Gasteiger partial charge is 0.468 e. The first kappa shape index (κ1) is 17.9. The van der Waals surface area contributed by atoms with Gasteiger partial charge in [0.25, 0.3) is 0 Å². The van der Waals surface area contributed by atoms with Crippen molar-refractivity contribution in [2.24, 2.45) is 0 Å². The molecule has 0 unspecified atom stereocenters. The number of carbonyl (C=O) groups excluding carboxylic acids is 3. The van der Waals surface area contributed by atoms with Crippen molar-refractivity contribution in [3.63, 3.8) is 0 Å². The van der Waals surface area contributed by atoms with E-state index in [1.807, 2.05) is 6.07 Å². The number of likely N-dealkylation sites (N-methyl/N-ethyl adjacent to an activating group) is 1. The second-order valence-corrected chi connectivity index (χ2v) is 6.73. The molecular formula is C22H18N2O4. The van der Waals surface area contributed by atoms with Gasteiger partial charge in [-0.2, -0.15) is 0 Å². The van der Waals surface area contributed by atoms with E-state index in [-0.39, 0.29) is 29.6 Å². The summed E-state index contributed by atoms with van der Waals surface area (Å²) in [5.74, 6) is 0.00705. The molecule has 140 valence electrons. The average Bonchev–Trinajstić information content (AvgIpc) is 3.18. The minimum absolute atomic E-state index is 0.114. The van der Waals surface area contributed by atoms with Gasteiger partial charge in [-0.15, -0.1) is 0 Å². The number of hydrogen-bond acceptors (Lipinski definition) is 5. The lowest BCUT2D eigenvalue weighted by Crippen LogP contribution is -2.31. The standard InChI is InChI=1S/C22H18N2O4/c1-24(12-14-6-5-11-28-14)13-19(25)23-18-10-4-9-17-20(18)22(27)16-8-3-2-7-15(16)21(17)26/h2-11H,12-13H2,1H3,(H,23,25). The highest BCUT2D eigenvalue weighted by atomic mass is 16.3. The number of carbonyl (C=O) groups is 3. The summed E-state index contributed by atoms with van der Waals surface area (Å²) >= 11 is 0. The Balaban J connectivity index is 1.56. The number of amides is 1. The number of anilines is 1. The molecule has 4 rings (SSSR count). The van der Waals surface area contributed by atoms with Crippen LogP contribution in [0.4, 0.5) is 5.69 Å². The van der Waals surface area contributed by atoms with Crippen LogP contribution in [0.2, 0.25) is 0 Å². The van der Waals surface area contributed by atoms with E-state index in [4.69, 9.17) is 4.42 Å². The lowest BCUT2D eigenvalue weighted by molar-refractivity contribution is -0.117. The van der Waals surface area contributed by atoms with Crippen molar-refractivity contribution in [2.75, 3.05) is 18.9 Å². The quantitative estimate of drug-likeness (QED) is 0.581. The van der Waals surface area contributed by atoms with Crippen LogP contribution in [0.3, 0.4) is 0 Å². The van der Waals surface area contributed by atoms with Crippen LogP contribution in [0.25, 0.3) is 0 Å². The van der Waals surface area contributed by atoms with E-state index < -0.39 is 0 Å². The molecule has 1 aromatic heterocycles. The highest BCUT2D eigenvalue weighted by Gasteiger charge is 2.31. The lowest BCUT2D eigenvalue weighted by Gasteiger charge is -2.21. The maximum Gasteiger partial charge on any atom is 0.238 e. The van der Waals surface area contributed by atoms with E-state index in [0.717, 1.165) is 5.76 Å². The Morgan fingerprint density at radius 2 is 1.64 bits per heavy atom. The highest BCUT2D eigenvalue weighted by Crippen LogP contribution is 2.31. The Kier molecular flexibility index (Phi) is 4.63. The van der Waals surface area contributed by atoms with E-state index >= 15 is 0 Å². The maximum absolute atomic E-state index is 13.0. The smallest absolute Gasteiger partial charge is 0.238 e. The Bertz CT molecular complexity index is 1070. The fourth-order valence-corrected chi connectivity index (χ4v) is 3.41. The Morgan fingerprint density at radius 3 is 2.36 bits per heavy atom. The number of nitrogens with one attached hydrogen (secondary N) is 1. The zero-order chi connectivity index (χ0) is 19.7. The predicted molar refractivity (Wildman–Crippen MR) is 103 cm³/mol. The summed E-state index contributed by atoms with van der Waals surface area (Å²) in [7, 11) is 1.80. The molecule has 0 bridgehead atoms. The Morgan fingerprint density at radius 1 is 0.929 bits per heavy atom. The highest BCUT2D eigenvalue weighted by molar-refractivity contribution is 6.30. The SMILES string of the molecule is CN(CC(=O)Nc1cccc2c1C(=O)c1ccccc1C2=O)Cc1ccco1. The third-order valence-electron chi connectivity index (χ3n) is 4.65. The molecule has 3 aromatic rings. The molecule has 28 heavy (non-hydrogen) atoms. The molecule has 0 radical (unpaired) electrons. The predicted octanol–water partition coefficient (Wildman–Crippen LogP) is 3.13. The van der Waals surface area contributed by atoms with Gasteiger partial charge < -0.3 is 9.73 Å². The van der Waals surface area contributed by atoms with Gasteiger partial charge in [0.15, 0.2) is 11.6 Å². The molecule has 0 aliphatic heterocycles. The van der Waals surface area contributed by atoms with Crippen molar-refractivity contribution in [3.05, 3.63) is 88.9 Å². The second kappa shape index (κ2) is 7.25.